The van der Waals surface area contributed by atoms with Gasteiger partial charge in [-0.05, 0) is 63.2 Å². The lowest BCUT2D eigenvalue weighted by Crippen LogP contribution is -2.36. The zero-order valence-corrected chi connectivity index (χ0v) is 18.9. The number of ether oxygens (including phenoxy) is 1. The first-order chi connectivity index (χ1) is 15.2. The van der Waals surface area contributed by atoms with Gasteiger partial charge in [-0.2, -0.15) is 0 Å². The molecule has 164 valence electrons. The van der Waals surface area contributed by atoms with E-state index in [9.17, 15) is 4.79 Å². The Morgan fingerprint density at radius 1 is 1.10 bits per heavy atom. The molecular weight excluding hydrogens is 408 g/mol. The summed E-state index contributed by atoms with van der Waals surface area (Å²) in [6.07, 6.45) is 3.92. The molecule has 6 nitrogen and oxygen atoms in total. The summed E-state index contributed by atoms with van der Waals surface area (Å²) in [5.74, 6) is -0.0934. The first-order valence-corrected chi connectivity index (χ1v) is 12.1. The minimum absolute atomic E-state index is 0.0934. The smallest absolute Gasteiger partial charge is 0.272 e. The number of carbonyl (C=O) groups is 1. The van der Waals surface area contributed by atoms with Crippen molar-refractivity contribution in [2.75, 3.05) is 49.6 Å². The van der Waals surface area contributed by atoms with Gasteiger partial charge < -0.3 is 19.9 Å². The largest absolute Gasteiger partial charge is 0.378 e. The number of piperidine rings is 1. The van der Waals surface area contributed by atoms with Crippen molar-refractivity contribution in [2.45, 2.75) is 32.7 Å². The maximum Gasteiger partial charge on any atom is 0.272 e. The lowest BCUT2D eigenvalue weighted by molar-refractivity contribution is 0.102. The SMILES string of the molecule is Cc1sc2cc(C(=O)Nc3ccc(N4CCOCC4)cc3)[nH]c2c1CN1CCCCC1. The summed E-state index contributed by atoms with van der Waals surface area (Å²) in [5.41, 5.74) is 5.07. The number of amides is 1. The van der Waals surface area contributed by atoms with E-state index in [-0.39, 0.29) is 5.91 Å². The van der Waals surface area contributed by atoms with E-state index in [0.29, 0.717) is 5.69 Å². The number of anilines is 2. The van der Waals surface area contributed by atoms with Crippen molar-refractivity contribution in [3.05, 3.63) is 46.5 Å². The van der Waals surface area contributed by atoms with E-state index in [1.807, 2.05) is 18.2 Å². The summed E-state index contributed by atoms with van der Waals surface area (Å²) in [6.45, 7) is 8.85. The van der Waals surface area contributed by atoms with Gasteiger partial charge in [0.1, 0.15) is 5.69 Å². The van der Waals surface area contributed by atoms with Gasteiger partial charge in [0.05, 0.1) is 23.4 Å². The normalized spacial score (nSPS) is 17.9. The van der Waals surface area contributed by atoms with Crippen LogP contribution < -0.4 is 10.2 Å². The van der Waals surface area contributed by atoms with Gasteiger partial charge in [-0.3, -0.25) is 9.69 Å². The van der Waals surface area contributed by atoms with E-state index < -0.39 is 0 Å². The van der Waals surface area contributed by atoms with Crippen molar-refractivity contribution in [3.63, 3.8) is 0 Å². The molecule has 2 aliphatic heterocycles. The number of thiophene rings is 1. The minimum atomic E-state index is -0.0934. The molecule has 0 saturated carbocycles. The number of hydrogen-bond donors (Lipinski definition) is 2. The molecule has 31 heavy (non-hydrogen) atoms. The third-order valence-corrected chi connectivity index (χ3v) is 7.44. The van der Waals surface area contributed by atoms with Gasteiger partial charge >= 0.3 is 0 Å². The van der Waals surface area contributed by atoms with Crippen molar-refractivity contribution in [1.29, 1.82) is 0 Å². The Morgan fingerprint density at radius 2 is 1.84 bits per heavy atom. The van der Waals surface area contributed by atoms with Gasteiger partial charge in [0.15, 0.2) is 0 Å². The zero-order valence-electron chi connectivity index (χ0n) is 18.1. The van der Waals surface area contributed by atoms with Crippen molar-refractivity contribution in [2.24, 2.45) is 0 Å². The molecule has 7 heteroatoms. The Kier molecular flexibility index (Phi) is 5.98. The van der Waals surface area contributed by atoms with Crippen LogP contribution in [0.4, 0.5) is 11.4 Å². The number of hydrogen-bond acceptors (Lipinski definition) is 5. The fourth-order valence-corrected chi connectivity index (χ4v) is 5.64. The number of aromatic amines is 1. The zero-order chi connectivity index (χ0) is 21.2. The number of aromatic nitrogens is 1. The van der Waals surface area contributed by atoms with E-state index in [2.05, 4.69) is 39.2 Å². The lowest BCUT2D eigenvalue weighted by atomic mass is 10.1. The van der Waals surface area contributed by atoms with E-state index in [4.69, 9.17) is 4.74 Å². The summed E-state index contributed by atoms with van der Waals surface area (Å²) in [5, 5.41) is 3.04. The fraction of sp³-hybridized carbons (Fsp3) is 0.458. The molecule has 4 heterocycles. The predicted octanol–water partition coefficient (Wildman–Crippen LogP) is 4.61. The summed E-state index contributed by atoms with van der Waals surface area (Å²) < 4.78 is 6.58. The molecule has 2 aromatic heterocycles. The van der Waals surface area contributed by atoms with Gasteiger partial charge in [0.25, 0.3) is 5.91 Å². The molecule has 2 fully saturated rings. The number of morpholine rings is 1. The second-order valence-electron chi connectivity index (χ2n) is 8.50. The average Bonchev–Trinajstić information content (AvgIpc) is 3.34. The molecule has 5 rings (SSSR count). The van der Waals surface area contributed by atoms with E-state index >= 15 is 0 Å². The molecule has 0 bridgehead atoms. The van der Waals surface area contributed by atoms with Crippen LogP contribution in [0, 0.1) is 6.92 Å². The van der Waals surface area contributed by atoms with Crippen LogP contribution >= 0.6 is 11.3 Å². The third kappa shape index (κ3) is 4.49. The van der Waals surface area contributed by atoms with Crippen molar-refractivity contribution in [3.8, 4) is 0 Å². The Bertz CT molecular complexity index is 1040. The molecule has 2 aliphatic rings. The first kappa shape index (κ1) is 20.5. The van der Waals surface area contributed by atoms with Gasteiger partial charge in [-0.15, -0.1) is 11.3 Å². The third-order valence-electron chi connectivity index (χ3n) is 6.35. The van der Waals surface area contributed by atoms with Crippen LogP contribution in [0.5, 0.6) is 0 Å². The maximum atomic E-state index is 12.9. The van der Waals surface area contributed by atoms with Crippen LogP contribution in [-0.2, 0) is 11.3 Å². The van der Waals surface area contributed by atoms with Crippen LogP contribution in [-0.4, -0.2) is 55.2 Å². The second-order valence-corrected chi connectivity index (χ2v) is 9.75. The molecule has 0 aliphatic carbocycles. The highest BCUT2D eigenvalue weighted by Gasteiger charge is 2.19. The summed E-state index contributed by atoms with van der Waals surface area (Å²) >= 11 is 1.78. The van der Waals surface area contributed by atoms with E-state index in [1.165, 1.54) is 48.5 Å². The number of fused-ring (bicyclic) bond motifs is 1. The van der Waals surface area contributed by atoms with E-state index in [1.54, 1.807) is 11.3 Å². The van der Waals surface area contributed by atoms with Crippen molar-refractivity contribution >= 4 is 38.8 Å². The Balaban J connectivity index is 1.28. The maximum absolute atomic E-state index is 12.9. The highest BCUT2D eigenvalue weighted by Crippen LogP contribution is 2.33. The number of likely N-dealkylation sites (tertiary alicyclic amines) is 1. The minimum Gasteiger partial charge on any atom is -0.378 e. The topological polar surface area (TPSA) is 60.6 Å². The van der Waals surface area contributed by atoms with Crippen LogP contribution in [0.3, 0.4) is 0 Å². The first-order valence-electron chi connectivity index (χ1n) is 11.2. The molecule has 1 aromatic carbocycles. The van der Waals surface area contributed by atoms with Crippen LogP contribution in [0.15, 0.2) is 30.3 Å². The fourth-order valence-electron chi connectivity index (χ4n) is 4.57. The van der Waals surface area contributed by atoms with Gasteiger partial charge in [-0.25, -0.2) is 0 Å². The quantitative estimate of drug-likeness (QED) is 0.611. The molecule has 2 saturated heterocycles. The number of nitrogens with one attached hydrogen (secondary N) is 2. The van der Waals surface area contributed by atoms with Crippen molar-refractivity contribution < 1.29 is 9.53 Å². The Hall–Kier alpha value is -2.35. The van der Waals surface area contributed by atoms with Gasteiger partial charge in [0, 0.05) is 41.4 Å². The predicted molar refractivity (Wildman–Crippen MR) is 127 cm³/mol. The summed E-state index contributed by atoms with van der Waals surface area (Å²) in [4.78, 5) is 22.5. The van der Waals surface area contributed by atoms with Crippen LogP contribution in [0.1, 0.15) is 40.2 Å². The summed E-state index contributed by atoms with van der Waals surface area (Å²) in [7, 11) is 0. The Morgan fingerprint density at radius 3 is 2.58 bits per heavy atom. The molecule has 0 spiro atoms. The van der Waals surface area contributed by atoms with E-state index in [0.717, 1.165) is 48.8 Å². The number of rotatable bonds is 5. The molecule has 0 unspecified atom stereocenters. The molecular formula is C24H30N4O2S. The number of carbonyl (C=O) groups excluding carboxylic acids is 1. The Labute approximate surface area is 187 Å². The van der Waals surface area contributed by atoms with Gasteiger partial charge in [0.2, 0.25) is 0 Å². The highest BCUT2D eigenvalue weighted by molar-refractivity contribution is 7.19. The number of nitrogens with zero attached hydrogens (tertiary/aromatic N) is 2. The standard InChI is InChI=1S/C24H30N4O2S/c1-17-20(16-27-9-3-2-4-10-27)23-22(31-17)15-21(26-23)24(29)25-18-5-7-19(8-6-18)28-11-13-30-14-12-28/h5-8,15,26H,2-4,9-14,16H2,1H3,(H,25,29). The second kappa shape index (κ2) is 9.02. The lowest BCUT2D eigenvalue weighted by Gasteiger charge is -2.28. The monoisotopic (exact) mass is 438 g/mol. The molecule has 0 atom stereocenters. The van der Waals surface area contributed by atoms with Crippen LogP contribution in [0.2, 0.25) is 0 Å². The molecule has 1 amide bonds. The molecule has 3 aromatic rings. The average molecular weight is 439 g/mol. The van der Waals surface area contributed by atoms with Crippen molar-refractivity contribution in [1.82, 2.24) is 9.88 Å². The highest BCUT2D eigenvalue weighted by atomic mass is 32.1. The number of benzene rings is 1. The number of aryl methyl sites for hydroxylation is 1. The van der Waals surface area contributed by atoms with Crippen LogP contribution in [0.25, 0.3) is 10.2 Å². The molecule has 0 radical (unpaired) electrons. The number of H-pyrrole nitrogens is 1. The summed E-state index contributed by atoms with van der Waals surface area (Å²) in [6, 6.07) is 10.1. The van der Waals surface area contributed by atoms with Gasteiger partial charge in [-0.1, -0.05) is 6.42 Å². The molecule has 2 N–H and O–H groups in total.